The van der Waals surface area contributed by atoms with Crippen LogP contribution >= 0.6 is 0 Å². The summed E-state index contributed by atoms with van der Waals surface area (Å²) in [5.41, 5.74) is 17.8. The van der Waals surface area contributed by atoms with Crippen molar-refractivity contribution in [2.45, 2.75) is 125 Å². The molecular formula is C38H50CuN4O. The molecule has 1 radical (unpaired) electrons. The smallest absolute Gasteiger partial charge is 0.657 e. The van der Waals surface area contributed by atoms with Crippen molar-refractivity contribution in [3.8, 4) is 0 Å². The second kappa shape index (κ2) is 14.6. The van der Waals surface area contributed by atoms with Crippen LogP contribution in [0, 0.1) is 0 Å². The van der Waals surface area contributed by atoms with Crippen molar-refractivity contribution < 1.29 is 21.8 Å². The van der Waals surface area contributed by atoms with E-state index in [1.165, 1.54) is 33.4 Å². The number of ether oxygens (including phenoxy) is 1. The number of hydrogen-bond donors (Lipinski definition) is 0. The van der Waals surface area contributed by atoms with E-state index in [2.05, 4.69) is 73.6 Å². The first kappa shape index (κ1) is 34.2. The summed E-state index contributed by atoms with van der Waals surface area (Å²) < 4.78 is 5.90. The molecule has 0 aromatic carbocycles. The van der Waals surface area contributed by atoms with Gasteiger partial charge in [-0.1, -0.05) is 89.8 Å². The van der Waals surface area contributed by atoms with E-state index in [0.29, 0.717) is 18.4 Å². The Morgan fingerprint density at radius 3 is 1.64 bits per heavy atom. The van der Waals surface area contributed by atoms with Crippen LogP contribution in [0.5, 0.6) is 0 Å². The summed E-state index contributed by atoms with van der Waals surface area (Å²) in [5.74, 6) is 0.668. The zero-order valence-corrected chi connectivity index (χ0v) is 29.2. The van der Waals surface area contributed by atoms with Gasteiger partial charge in [0.2, 0.25) is 0 Å². The van der Waals surface area contributed by atoms with Crippen molar-refractivity contribution >= 4 is 33.2 Å². The van der Waals surface area contributed by atoms with Crippen LogP contribution in [0.2, 0.25) is 0 Å². The van der Waals surface area contributed by atoms with Crippen LogP contribution in [-0.4, -0.2) is 17.1 Å². The van der Waals surface area contributed by atoms with Crippen molar-refractivity contribution in [3.05, 3.63) is 68.8 Å². The minimum absolute atomic E-state index is 0. The Balaban J connectivity index is 0.00000442. The summed E-state index contributed by atoms with van der Waals surface area (Å²) in [6.07, 6.45) is 7.68. The zero-order chi connectivity index (χ0) is 30.8. The van der Waals surface area contributed by atoms with Gasteiger partial charge in [-0.25, -0.2) is 4.98 Å². The Kier molecular flexibility index (Phi) is 11.4. The second-order valence-electron chi connectivity index (χ2n) is 11.9. The molecule has 2 aliphatic rings. The molecule has 0 fully saturated rings. The summed E-state index contributed by atoms with van der Waals surface area (Å²) in [7, 11) is 1.79. The van der Waals surface area contributed by atoms with E-state index in [4.69, 9.17) is 24.7 Å². The third kappa shape index (κ3) is 5.74. The summed E-state index contributed by atoms with van der Waals surface area (Å²) in [5, 5.41) is 0. The van der Waals surface area contributed by atoms with Crippen molar-refractivity contribution in [2.24, 2.45) is 0 Å². The van der Waals surface area contributed by atoms with Crippen LogP contribution in [0.25, 0.3) is 33.2 Å². The molecule has 0 saturated carbocycles. The van der Waals surface area contributed by atoms with Gasteiger partial charge in [-0.05, 0) is 74.1 Å². The molecule has 3 aromatic rings. The van der Waals surface area contributed by atoms with Crippen LogP contribution in [0.15, 0.2) is 18.2 Å². The van der Waals surface area contributed by atoms with Gasteiger partial charge in [0.25, 0.3) is 0 Å². The first-order valence-corrected chi connectivity index (χ1v) is 16.8. The van der Waals surface area contributed by atoms with Gasteiger partial charge in [0, 0.05) is 30.3 Å². The zero-order valence-electron chi connectivity index (χ0n) is 28.2. The van der Waals surface area contributed by atoms with E-state index in [1.54, 1.807) is 7.11 Å². The van der Waals surface area contributed by atoms with E-state index in [1.807, 2.05) is 0 Å². The van der Waals surface area contributed by atoms with Crippen LogP contribution in [-0.2, 0) is 54.1 Å². The Bertz CT molecular complexity index is 1690. The predicted octanol–water partition coefficient (Wildman–Crippen LogP) is 9.38. The molecule has 2 atom stereocenters. The molecule has 5 heterocycles. The van der Waals surface area contributed by atoms with Gasteiger partial charge in [-0.3, -0.25) is 4.98 Å². The molecule has 6 heteroatoms. The van der Waals surface area contributed by atoms with Gasteiger partial charge in [0.15, 0.2) is 0 Å². The molecule has 5 rings (SSSR count). The van der Waals surface area contributed by atoms with Gasteiger partial charge in [-0.15, -0.1) is 22.1 Å². The van der Waals surface area contributed by atoms with Gasteiger partial charge < -0.3 is 14.7 Å². The van der Waals surface area contributed by atoms with Gasteiger partial charge in [0.05, 0.1) is 18.0 Å². The third-order valence-electron chi connectivity index (χ3n) is 9.82. The molecule has 2 unspecified atom stereocenters. The summed E-state index contributed by atoms with van der Waals surface area (Å²) in [6, 6.07) is 6.81. The number of allylic oxidation sites excluding steroid dienone is 2. The largest absolute Gasteiger partial charge is 2.00 e. The number of nitrogens with zero attached hydrogens (tertiary/aromatic N) is 4. The first-order chi connectivity index (χ1) is 20.9. The maximum atomic E-state index is 5.90. The van der Waals surface area contributed by atoms with E-state index >= 15 is 0 Å². The molecule has 0 aliphatic carbocycles. The van der Waals surface area contributed by atoms with E-state index < -0.39 is 0 Å². The number of fused-ring (bicyclic) bond motifs is 8. The monoisotopic (exact) mass is 641 g/mol. The molecule has 0 amide bonds. The molecule has 8 bridgehead atoms. The fraction of sp³-hybridized carbons (Fsp3) is 0.526. The van der Waals surface area contributed by atoms with E-state index in [0.717, 1.165) is 102 Å². The van der Waals surface area contributed by atoms with Crippen LogP contribution in [0.1, 0.15) is 144 Å². The Morgan fingerprint density at radius 2 is 1.11 bits per heavy atom. The molecule has 239 valence electrons. The molecule has 2 aliphatic heterocycles. The summed E-state index contributed by atoms with van der Waals surface area (Å²) in [6.45, 7) is 18.6. The molecule has 3 aromatic heterocycles. The average Bonchev–Trinajstić information content (AvgIpc) is 3.74. The molecule has 0 N–H and O–H groups in total. The Hall–Kier alpha value is -2.66. The average molecular weight is 642 g/mol. The molecule has 44 heavy (non-hydrogen) atoms. The van der Waals surface area contributed by atoms with Gasteiger partial charge in [-0.2, -0.15) is 0 Å². The maximum absolute atomic E-state index is 5.90. The fourth-order valence-corrected chi connectivity index (χ4v) is 7.81. The number of aryl methyl sites for hydroxylation is 4. The van der Waals surface area contributed by atoms with Crippen molar-refractivity contribution in [1.82, 2.24) is 19.9 Å². The quantitative estimate of drug-likeness (QED) is 0.206. The Labute approximate surface area is 275 Å². The summed E-state index contributed by atoms with van der Waals surface area (Å²) >= 11 is 0. The SMILES string of the molecule is CCC1=C(CC)c2cc3[n-]c(cc4[n-]c(c(COC)c5nc(cc1n2)C(CC)C5CC)c(CC)c4CC)c(CC)c3CC.[Cu+2]. The number of hydrogen-bond acceptors (Lipinski definition) is 3. The number of aromatic nitrogens is 4. The normalized spacial score (nSPS) is 16.5. The molecule has 0 spiro atoms. The van der Waals surface area contributed by atoms with Gasteiger partial charge in [0.1, 0.15) is 0 Å². The van der Waals surface area contributed by atoms with Crippen LogP contribution in [0.3, 0.4) is 0 Å². The first-order valence-electron chi connectivity index (χ1n) is 16.8. The fourth-order valence-electron chi connectivity index (χ4n) is 7.81. The number of rotatable bonds is 10. The number of methoxy groups -OCH3 is 1. The van der Waals surface area contributed by atoms with Crippen LogP contribution < -0.4 is 9.97 Å². The molecule has 0 saturated heterocycles. The van der Waals surface area contributed by atoms with Gasteiger partial charge >= 0.3 is 17.1 Å². The minimum atomic E-state index is 0. The molecular weight excluding hydrogens is 592 g/mol. The summed E-state index contributed by atoms with van der Waals surface area (Å²) in [4.78, 5) is 21.5. The molecule has 5 nitrogen and oxygen atoms in total. The van der Waals surface area contributed by atoms with Crippen molar-refractivity contribution in [1.29, 1.82) is 0 Å². The van der Waals surface area contributed by atoms with E-state index in [9.17, 15) is 0 Å². The minimum Gasteiger partial charge on any atom is -0.657 e. The standard InChI is InChI=1S/C38H50N4O.Cu/c1-10-22-24(12-3)33-19-35-26(14-5)28(16-7)37(41-35)30(21-43-9)38-29(17-8)27(15-6)36(42-38)20-34-25(13-4)23(11-2)32(40-34)18-31(22)39-33;/h18-20,26,28H,10-17,21H2,1-9H3;/q-2;+2. The van der Waals surface area contributed by atoms with Crippen molar-refractivity contribution in [2.75, 3.05) is 7.11 Å². The Morgan fingerprint density at radius 1 is 0.591 bits per heavy atom. The topological polar surface area (TPSA) is 63.2 Å². The van der Waals surface area contributed by atoms with Crippen molar-refractivity contribution in [3.63, 3.8) is 0 Å². The second-order valence-corrected chi connectivity index (χ2v) is 11.9. The third-order valence-corrected chi connectivity index (χ3v) is 9.82. The van der Waals surface area contributed by atoms with E-state index in [-0.39, 0.29) is 17.1 Å². The predicted molar refractivity (Wildman–Crippen MR) is 181 cm³/mol. The maximum Gasteiger partial charge on any atom is 2.00 e. The van der Waals surface area contributed by atoms with Crippen LogP contribution in [0.4, 0.5) is 0 Å².